The molecule has 0 fully saturated rings. The zero-order valence-corrected chi connectivity index (χ0v) is 18.5. The monoisotopic (exact) mass is 406 g/mol. The van der Waals surface area contributed by atoms with Crippen LogP contribution >= 0.6 is 0 Å². The molecular formula is C20H30N4O5. The van der Waals surface area contributed by atoms with Crippen LogP contribution in [0.1, 0.15) is 51.9 Å². The number of hydrogen-bond acceptors (Lipinski definition) is 7. The van der Waals surface area contributed by atoms with Crippen LogP contribution in [0.2, 0.25) is 0 Å². The molecule has 9 nitrogen and oxygen atoms in total. The van der Waals surface area contributed by atoms with Gasteiger partial charge in [-0.25, -0.2) is 4.98 Å². The van der Waals surface area contributed by atoms with Crippen molar-refractivity contribution in [2.24, 2.45) is 5.73 Å². The lowest BCUT2D eigenvalue weighted by Crippen LogP contribution is -2.54. The first-order valence-electron chi connectivity index (χ1n) is 9.15. The maximum Gasteiger partial charge on any atom is 0.261 e. The van der Waals surface area contributed by atoms with Gasteiger partial charge in [-0.2, -0.15) is 0 Å². The minimum absolute atomic E-state index is 0.0153. The highest BCUT2D eigenvalue weighted by Crippen LogP contribution is 2.45. The van der Waals surface area contributed by atoms with Gasteiger partial charge in [0, 0.05) is 11.1 Å². The molecule has 0 radical (unpaired) electrons. The van der Waals surface area contributed by atoms with Crippen molar-refractivity contribution in [2.75, 3.05) is 26.2 Å². The zero-order valence-electron chi connectivity index (χ0n) is 18.5. The van der Waals surface area contributed by atoms with Gasteiger partial charge in [0.15, 0.2) is 11.5 Å². The van der Waals surface area contributed by atoms with Crippen molar-refractivity contribution >= 4 is 22.8 Å². The molecule has 2 rings (SSSR count). The molecule has 3 N–H and O–H groups in total. The number of ether oxygens (including phenoxy) is 3. The summed E-state index contributed by atoms with van der Waals surface area (Å²) >= 11 is 0. The van der Waals surface area contributed by atoms with Crippen LogP contribution in [0.3, 0.4) is 0 Å². The predicted molar refractivity (Wildman–Crippen MR) is 113 cm³/mol. The van der Waals surface area contributed by atoms with Gasteiger partial charge in [-0.3, -0.25) is 14.6 Å². The highest BCUT2D eigenvalue weighted by atomic mass is 16.5. The number of carbonyl (C=O) groups is 1. The zero-order chi connectivity index (χ0) is 22.3. The number of fused-ring (bicyclic) bond motifs is 1. The van der Waals surface area contributed by atoms with Gasteiger partial charge in [0.25, 0.3) is 11.5 Å². The van der Waals surface area contributed by atoms with E-state index < -0.39 is 11.5 Å². The SMILES string of the molecule is COc1c(OC)c(C(N)=O)c2c(=O)[nH]c(N(C(C)(C)C)C(C)(C)C)nc2c1OC. The van der Waals surface area contributed by atoms with Gasteiger partial charge in [-0.05, 0) is 41.5 Å². The van der Waals surface area contributed by atoms with E-state index in [2.05, 4.69) is 9.97 Å². The molecule has 0 atom stereocenters. The molecule has 1 amide bonds. The molecule has 0 bridgehead atoms. The van der Waals surface area contributed by atoms with E-state index in [1.54, 1.807) is 0 Å². The van der Waals surface area contributed by atoms with Crippen LogP contribution in [-0.2, 0) is 0 Å². The summed E-state index contributed by atoms with van der Waals surface area (Å²) in [4.78, 5) is 34.8. The number of nitrogens with zero attached hydrogens (tertiary/aromatic N) is 2. The van der Waals surface area contributed by atoms with Crippen LogP contribution in [0.4, 0.5) is 5.95 Å². The van der Waals surface area contributed by atoms with Gasteiger partial charge in [-0.1, -0.05) is 0 Å². The normalized spacial score (nSPS) is 12.0. The summed E-state index contributed by atoms with van der Waals surface area (Å²) in [6.07, 6.45) is 0. The lowest BCUT2D eigenvalue weighted by atomic mass is 9.96. The Morgan fingerprint density at radius 3 is 1.79 bits per heavy atom. The average Bonchev–Trinajstić information content (AvgIpc) is 2.56. The molecule has 0 spiro atoms. The summed E-state index contributed by atoms with van der Waals surface area (Å²) in [6, 6.07) is 0. The van der Waals surface area contributed by atoms with E-state index in [9.17, 15) is 9.59 Å². The fourth-order valence-corrected chi connectivity index (χ4v) is 3.85. The Kier molecular flexibility index (Phi) is 5.74. The number of H-pyrrole nitrogens is 1. The number of anilines is 1. The Morgan fingerprint density at radius 1 is 0.931 bits per heavy atom. The second-order valence-corrected chi connectivity index (χ2v) is 8.63. The first-order valence-corrected chi connectivity index (χ1v) is 9.15. The largest absolute Gasteiger partial charge is 0.492 e. The number of methoxy groups -OCH3 is 3. The quantitative estimate of drug-likeness (QED) is 0.782. The van der Waals surface area contributed by atoms with E-state index in [0.29, 0.717) is 5.95 Å². The molecule has 2 aromatic rings. The second-order valence-electron chi connectivity index (χ2n) is 8.63. The highest BCUT2D eigenvalue weighted by Gasteiger charge is 2.35. The van der Waals surface area contributed by atoms with Crippen molar-refractivity contribution in [1.82, 2.24) is 9.97 Å². The van der Waals surface area contributed by atoms with E-state index in [-0.39, 0.29) is 44.8 Å². The van der Waals surface area contributed by atoms with Crippen LogP contribution in [-0.4, -0.2) is 48.3 Å². The molecule has 9 heteroatoms. The average molecular weight is 406 g/mol. The summed E-state index contributed by atoms with van der Waals surface area (Å²) < 4.78 is 16.2. The summed E-state index contributed by atoms with van der Waals surface area (Å²) in [5.41, 5.74) is 4.36. The number of benzene rings is 1. The third kappa shape index (κ3) is 3.81. The van der Waals surface area contributed by atoms with Crippen LogP contribution < -0.4 is 30.4 Å². The van der Waals surface area contributed by atoms with Gasteiger partial charge < -0.3 is 24.8 Å². The molecular weight excluding hydrogens is 376 g/mol. The molecule has 0 unspecified atom stereocenters. The molecule has 1 heterocycles. The Morgan fingerprint density at radius 2 is 1.41 bits per heavy atom. The van der Waals surface area contributed by atoms with Crippen LogP contribution in [0.15, 0.2) is 4.79 Å². The number of primary amides is 1. The minimum Gasteiger partial charge on any atom is -0.492 e. The molecule has 1 aromatic heterocycles. The Labute approximate surface area is 170 Å². The number of amides is 1. The smallest absolute Gasteiger partial charge is 0.261 e. The van der Waals surface area contributed by atoms with Gasteiger partial charge in [0.2, 0.25) is 11.7 Å². The number of aromatic amines is 1. The first-order chi connectivity index (χ1) is 13.3. The summed E-state index contributed by atoms with van der Waals surface area (Å²) in [5.74, 6) is -0.162. The van der Waals surface area contributed by atoms with Crippen molar-refractivity contribution in [3.05, 3.63) is 15.9 Å². The van der Waals surface area contributed by atoms with Crippen LogP contribution in [0, 0.1) is 0 Å². The van der Waals surface area contributed by atoms with Crippen LogP contribution in [0.25, 0.3) is 10.9 Å². The van der Waals surface area contributed by atoms with E-state index in [1.807, 2.05) is 46.4 Å². The molecule has 0 saturated carbocycles. The fraction of sp³-hybridized carbons (Fsp3) is 0.550. The van der Waals surface area contributed by atoms with Crippen molar-refractivity contribution in [2.45, 2.75) is 52.6 Å². The van der Waals surface area contributed by atoms with Gasteiger partial charge in [-0.15, -0.1) is 0 Å². The van der Waals surface area contributed by atoms with Gasteiger partial charge >= 0.3 is 0 Å². The van der Waals surface area contributed by atoms with Crippen LogP contribution in [0.5, 0.6) is 17.2 Å². The lowest BCUT2D eigenvalue weighted by molar-refractivity contribution is 0.0998. The highest BCUT2D eigenvalue weighted by molar-refractivity contribution is 6.11. The van der Waals surface area contributed by atoms with Gasteiger partial charge in [0.1, 0.15) is 11.1 Å². The molecule has 0 aliphatic heterocycles. The lowest BCUT2D eigenvalue weighted by Gasteiger charge is -2.45. The third-order valence-corrected chi connectivity index (χ3v) is 4.42. The van der Waals surface area contributed by atoms with Gasteiger partial charge in [0.05, 0.1) is 26.7 Å². The topological polar surface area (TPSA) is 120 Å². The van der Waals surface area contributed by atoms with Crippen molar-refractivity contribution < 1.29 is 19.0 Å². The second kappa shape index (κ2) is 7.46. The summed E-state index contributed by atoms with van der Waals surface area (Å²) in [6.45, 7) is 12.1. The predicted octanol–water partition coefficient (Wildman–Crippen LogP) is 2.45. The fourth-order valence-electron chi connectivity index (χ4n) is 3.85. The maximum absolute atomic E-state index is 13.1. The van der Waals surface area contributed by atoms with Crippen molar-refractivity contribution in [3.63, 3.8) is 0 Å². The molecule has 160 valence electrons. The van der Waals surface area contributed by atoms with E-state index in [4.69, 9.17) is 19.9 Å². The number of nitrogens with two attached hydrogens (primary N) is 1. The number of hydrogen-bond donors (Lipinski definition) is 2. The molecule has 0 saturated heterocycles. The summed E-state index contributed by atoms with van der Waals surface area (Å²) in [5, 5.41) is -0.0153. The number of nitrogens with one attached hydrogen (secondary N) is 1. The van der Waals surface area contributed by atoms with E-state index >= 15 is 0 Å². The Hall–Kier alpha value is -2.97. The maximum atomic E-state index is 13.1. The minimum atomic E-state index is -0.837. The van der Waals surface area contributed by atoms with Crippen molar-refractivity contribution in [3.8, 4) is 17.2 Å². The number of carbonyl (C=O) groups excluding carboxylic acids is 1. The van der Waals surface area contributed by atoms with Crippen molar-refractivity contribution in [1.29, 1.82) is 0 Å². The summed E-state index contributed by atoms with van der Waals surface area (Å²) in [7, 11) is 4.18. The first kappa shape index (κ1) is 22.3. The number of aromatic nitrogens is 2. The molecule has 29 heavy (non-hydrogen) atoms. The number of rotatable bonds is 5. The van der Waals surface area contributed by atoms with E-state index in [0.717, 1.165) is 0 Å². The molecule has 1 aromatic carbocycles. The molecule has 0 aliphatic rings. The Bertz CT molecular complexity index is 985. The van der Waals surface area contributed by atoms with E-state index in [1.165, 1.54) is 21.3 Å². The molecule has 0 aliphatic carbocycles. The Balaban J connectivity index is 3.10. The third-order valence-electron chi connectivity index (χ3n) is 4.42. The standard InChI is InChI=1S/C20H30N4O5/c1-19(2,3)24(20(4,5)6)18-22-12-10(17(26)23-18)11(16(21)25)13(27-7)15(29-9)14(12)28-8/h1-9H3,(H2,21,25)(H,22,23,26).